The van der Waals surface area contributed by atoms with Gasteiger partial charge in [0, 0.05) is 0 Å². The van der Waals surface area contributed by atoms with Gasteiger partial charge >= 0.3 is 0 Å². The Kier molecular flexibility index (Phi) is 3.85. The zero-order valence-corrected chi connectivity index (χ0v) is 9.71. The van der Waals surface area contributed by atoms with E-state index in [2.05, 4.69) is 4.98 Å². The Morgan fingerprint density at radius 3 is 2.43 bits per heavy atom. The smallest absolute Gasteiger partial charge is 0.270 e. The monoisotopic (exact) mass is 315 g/mol. The Balaban J connectivity index is 3.35. The fourth-order valence-corrected chi connectivity index (χ4v) is 1.63. The third-order valence-electron chi connectivity index (χ3n) is 1.63. The van der Waals surface area contributed by atoms with Gasteiger partial charge in [-0.05, 0) is 22.6 Å². The summed E-state index contributed by atoms with van der Waals surface area (Å²) < 4.78 is 35.2. The van der Waals surface area contributed by atoms with Gasteiger partial charge in [-0.1, -0.05) is 0 Å². The molecule has 0 N–H and O–H groups in total. The predicted molar refractivity (Wildman–Crippen MR) is 55.0 cm³/mol. The number of nitrogens with zero attached hydrogens (tertiary/aromatic N) is 1. The van der Waals surface area contributed by atoms with Crippen LogP contribution < -0.4 is 9.47 Å². The number of aromatic nitrogens is 1. The lowest BCUT2D eigenvalue weighted by molar-refractivity contribution is 0.144. The molecule has 0 saturated carbocycles. The number of rotatable bonds is 3. The van der Waals surface area contributed by atoms with Crippen LogP contribution >= 0.6 is 22.6 Å². The molecule has 0 spiro atoms. The topological polar surface area (TPSA) is 31.4 Å². The maximum Gasteiger partial charge on any atom is 0.270 e. The van der Waals surface area contributed by atoms with Gasteiger partial charge in [0.05, 0.1) is 26.0 Å². The summed E-state index contributed by atoms with van der Waals surface area (Å²) in [4.78, 5) is 3.78. The standard InChI is InChI=1S/C8H8F2INO2/c1-13-4-3-12-8(11)5(7(9)10)6(4)14-2/h3,7H,1-2H3. The molecular formula is C8H8F2INO2. The van der Waals surface area contributed by atoms with Crippen LogP contribution in [0.5, 0.6) is 11.5 Å². The number of methoxy groups -OCH3 is 2. The summed E-state index contributed by atoms with van der Waals surface area (Å²) >= 11 is 1.73. The summed E-state index contributed by atoms with van der Waals surface area (Å²) in [6.45, 7) is 0. The normalized spacial score (nSPS) is 10.4. The predicted octanol–water partition coefficient (Wildman–Crippen LogP) is 2.64. The van der Waals surface area contributed by atoms with Crippen LogP contribution in [-0.4, -0.2) is 19.2 Å². The number of pyridine rings is 1. The van der Waals surface area contributed by atoms with Crippen molar-refractivity contribution in [2.24, 2.45) is 0 Å². The van der Waals surface area contributed by atoms with Crippen LogP contribution in [0, 0.1) is 3.70 Å². The van der Waals surface area contributed by atoms with Gasteiger partial charge in [-0.3, -0.25) is 0 Å². The SMILES string of the molecule is COc1cnc(I)c(C(F)F)c1OC. The maximum atomic E-state index is 12.6. The minimum Gasteiger partial charge on any atom is -0.492 e. The van der Waals surface area contributed by atoms with Gasteiger partial charge in [0.2, 0.25) is 0 Å². The number of hydrogen-bond acceptors (Lipinski definition) is 3. The maximum absolute atomic E-state index is 12.6. The minimum atomic E-state index is -2.63. The Morgan fingerprint density at radius 2 is 2.00 bits per heavy atom. The van der Waals surface area contributed by atoms with Crippen molar-refractivity contribution in [1.82, 2.24) is 4.98 Å². The molecular weight excluding hydrogens is 307 g/mol. The number of halogens is 3. The average molecular weight is 315 g/mol. The molecule has 0 unspecified atom stereocenters. The Labute approximate surface area is 93.6 Å². The van der Waals surface area contributed by atoms with Crippen molar-refractivity contribution in [3.63, 3.8) is 0 Å². The second-order valence-electron chi connectivity index (χ2n) is 2.37. The van der Waals surface area contributed by atoms with E-state index in [-0.39, 0.29) is 20.8 Å². The molecule has 0 bridgehead atoms. The van der Waals surface area contributed by atoms with Crippen LogP contribution in [0.15, 0.2) is 6.20 Å². The molecule has 78 valence electrons. The molecule has 0 fully saturated rings. The molecule has 0 atom stereocenters. The molecule has 0 saturated heterocycles. The van der Waals surface area contributed by atoms with Crippen LogP contribution in [0.2, 0.25) is 0 Å². The summed E-state index contributed by atoms with van der Waals surface area (Å²) in [5, 5.41) is 0. The first-order valence-electron chi connectivity index (χ1n) is 3.66. The number of hydrogen-bond donors (Lipinski definition) is 0. The fraction of sp³-hybridized carbons (Fsp3) is 0.375. The number of ether oxygens (including phenoxy) is 2. The minimum absolute atomic E-state index is 0.0434. The summed E-state index contributed by atoms with van der Waals surface area (Å²) in [6, 6.07) is 0. The van der Waals surface area contributed by atoms with Crippen LogP contribution in [0.1, 0.15) is 12.0 Å². The van der Waals surface area contributed by atoms with Crippen molar-refractivity contribution < 1.29 is 18.3 Å². The molecule has 0 aromatic carbocycles. The molecule has 0 aliphatic rings. The van der Waals surface area contributed by atoms with Gasteiger partial charge in [0.1, 0.15) is 3.70 Å². The van der Waals surface area contributed by atoms with Gasteiger partial charge < -0.3 is 9.47 Å². The first-order chi connectivity index (χ1) is 6.61. The zero-order chi connectivity index (χ0) is 10.7. The molecule has 0 aliphatic heterocycles. The lowest BCUT2D eigenvalue weighted by Gasteiger charge is -2.12. The van der Waals surface area contributed by atoms with Crippen LogP contribution in [-0.2, 0) is 0 Å². The Morgan fingerprint density at radius 1 is 1.36 bits per heavy atom. The van der Waals surface area contributed by atoms with E-state index in [4.69, 9.17) is 9.47 Å². The van der Waals surface area contributed by atoms with E-state index in [1.165, 1.54) is 20.4 Å². The quantitative estimate of drug-likeness (QED) is 0.635. The summed E-state index contributed by atoms with van der Waals surface area (Å²) in [6.07, 6.45) is -1.27. The molecule has 0 amide bonds. The highest BCUT2D eigenvalue weighted by atomic mass is 127. The molecule has 1 rings (SSSR count). The van der Waals surface area contributed by atoms with Gasteiger partial charge in [-0.15, -0.1) is 0 Å². The van der Waals surface area contributed by atoms with Crippen LogP contribution in [0.3, 0.4) is 0 Å². The van der Waals surface area contributed by atoms with Crippen molar-refractivity contribution in [1.29, 1.82) is 0 Å². The van der Waals surface area contributed by atoms with Gasteiger partial charge in [-0.25, -0.2) is 13.8 Å². The summed E-state index contributed by atoms with van der Waals surface area (Å²) in [5.41, 5.74) is -0.229. The lowest BCUT2D eigenvalue weighted by atomic mass is 10.2. The first-order valence-corrected chi connectivity index (χ1v) is 4.74. The molecule has 1 aromatic rings. The summed E-state index contributed by atoms with van der Waals surface area (Å²) in [5.74, 6) is 0.255. The molecule has 0 aliphatic carbocycles. The molecule has 3 nitrogen and oxygen atoms in total. The molecule has 0 radical (unpaired) electrons. The second kappa shape index (κ2) is 4.72. The fourth-order valence-electron chi connectivity index (χ4n) is 1.01. The highest BCUT2D eigenvalue weighted by molar-refractivity contribution is 14.1. The zero-order valence-electron chi connectivity index (χ0n) is 7.55. The van der Waals surface area contributed by atoms with E-state index in [1.807, 2.05) is 0 Å². The van der Waals surface area contributed by atoms with Crippen molar-refractivity contribution >= 4 is 22.6 Å². The number of alkyl halides is 2. The Bertz CT molecular complexity index is 333. The van der Waals surface area contributed by atoms with E-state index < -0.39 is 6.43 Å². The van der Waals surface area contributed by atoms with Crippen LogP contribution in [0.25, 0.3) is 0 Å². The van der Waals surface area contributed by atoms with Crippen molar-refractivity contribution in [3.8, 4) is 11.5 Å². The van der Waals surface area contributed by atoms with Gasteiger partial charge in [0.15, 0.2) is 11.5 Å². The van der Waals surface area contributed by atoms with Crippen molar-refractivity contribution in [2.75, 3.05) is 14.2 Å². The molecule has 1 aromatic heterocycles. The van der Waals surface area contributed by atoms with E-state index >= 15 is 0 Å². The Hall–Kier alpha value is -0.660. The lowest BCUT2D eigenvalue weighted by Crippen LogP contribution is -2.01. The summed E-state index contributed by atoms with van der Waals surface area (Å²) in [7, 11) is 2.70. The molecule has 6 heteroatoms. The third-order valence-corrected chi connectivity index (χ3v) is 2.49. The molecule has 14 heavy (non-hydrogen) atoms. The van der Waals surface area contributed by atoms with E-state index in [9.17, 15) is 8.78 Å². The van der Waals surface area contributed by atoms with Crippen LogP contribution in [0.4, 0.5) is 8.78 Å². The largest absolute Gasteiger partial charge is 0.492 e. The van der Waals surface area contributed by atoms with Gasteiger partial charge in [-0.2, -0.15) is 0 Å². The first kappa shape index (κ1) is 11.4. The van der Waals surface area contributed by atoms with E-state index in [1.54, 1.807) is 22.6 Å². The van der Waals surface area contributed by atoms with Crippen molar-refractivity contribution in [2.45, 2.75) is 6.43 Å². The molecule has 1 heterocycles. The highest BCUT2D eigenvalue weighted by Gasteiger charge is 2.22. The highest BCUT2D eigenvalue weighted by Crippen LogP contribution is 2.38. The average Bonchev–Trinajstić information content (AvgIpc) is 2.16. The van der Waals surface area contributed by atoms with E-state index in [0.29, 0.717) is 0 Å². The van der Waals surface area contributed by atoms with Crippen molar-refractivity contribution in [3.05, 3.63) is 15.5 Å². The van der Waals surface area contributed by atoms with E-state index in [0.717, 1.165) is 0 Å². The second-order valence-corrected chi connectivity index (χ2v) is 3.39. The van der Waals surface area contributed by atoms with Gasteiger partial charge in [0.25, 0.3) is 6.43 Å². The third kappa shape index (κ3) is 2.05.